The molecule has 0 unspecified atom stereocenters. The van der Waals surface area contributed by atoms with Gasteiger partial charge in [0.15, 0.2) is 0 Å². The highest BCUT2D eigenvalue weighted by Gasteiger charge is 2.25. The summed E-state index contributed by atoms with van der Waals surface area (Å²) in [7, 11) is 0. The lowest BCUT2D eigenvalue weighted by Gasteiger charge is -2.37. The first-order valence-corrected chi connectivity index (χ1v) is 17.9. The first kappa shape index (κ1) is 39.3. The average molecular weight is 681 g/mol. The third-order valence-corrected chi connectivity index (χ3v) is 10.5. The molecule has 3 aromatic rings. The molecule has 268 valence electrons. The number of rotatable bonds is 22. The third-order valence-electron chi connectivity index (χ3n) is 10.5. The van der Waals surface area contributed by atoms with E-state index in [2.05, 4.69) is 27.7 Å². The fourth-order valence-corrected chi connectivity index (χ4v) is 6.90. The second-order valence-corrected chi connectivity index (χ2v) is 13.4. The summed E-state index contributed by atoms with van der Waals surface area (Å²) in [6, 6.07) is 15.3. The van der Waals surface area contributed by atoms with E-state index in [1.54, 1.807) is 34.9 Å². The van der Waals surface area contributed by atoms with Crippen LogP contribution in [0.3, 0.4) is 0 Å². The fourth-order valence-electron chi connectivity index (χ4n) is 6.90. The summed E-state index contributed by atoms with van der Waals surface area (Å²) in [5, 5.41) is 22.1. The zero-order chi connectivity index (χ0) is 36.0. The number of hydrogen-bond acceptors (Lipinski definition) is 6. The van der Waals surface area contributed by atoms with Gasteiger partial charge in [0.25, 0.3) is 16.9 Å². The molecule has 0 atom stereocenters. The van der Waals surface area contributed by atoms with Crippen molar-refractivity contribution in [3.8, 4) is 0 Å². The topological polar surface area (TPSA) is 130 Å². The predicted octanol–water partition coefficient (Wildman–Crippen LogP) is 6.59. The molecule has 2 aromatic carbocycles. The molecular weight excluding hydrogens is 624 g/mol. The summed E-state index contributed by atoms with van der Waals surface area (Å²) in [5.41, 5.74) is 2.59. The van der Waals surface area contributed by atoms with E-state index in [-0.39, 0.29) is 32.5 Å². The molecule has 12 nitrogen and oxygen atoms in total. The monoisotopic (exact) mass is 680 g/mol. The maximum absolute atomic E-state index is 13.4. The molecule has 0 amide bonds. The van der Waals surface area contributed by atoms with Crippen LogP contribution >= 0.6 is 0 Å². The number of aromatic nitrogens is 2. The van der Waals surface area contributed by atoms with Crippen LogP contribution in [0.4, 0.5) is 11.4 Å². The van der Waals surface area contributed by atoms with Crippen LogP contribution in [0.2, 0.25) is 0 Å². The van der Waals surface area contributed by atoms with Crippen LogP contribution in [0.5, 0.6) is 0 Å². The van der Waals surface area contributed by atoms with Gasteiger partial charge in [-0.25, -0.2) is 4.79 Å². The van der Waals surface area contributed by atoms with Crippen LogP contribution in [-0.2, 0) is 26.2 Å². The highest BCUT2D eigenvalue weighted by Crippen LogP contribution is 2.21. The van der Waals surface area contributed by atoms with Gasteiger partial charge in [-0.1, -0.05) is 0 Å². The summed E-state index contributed by atoms with van der Waals surface area (Å²) in [4.78, 5) is 47.5. The Morgan fingerprint density at radius 2 is 0.980 bits per heavy atom. The Hall–Kier alpha value is -4.16. The van der Waals surface area contributed by atoms with Crippen LogP contribution in [0.15, 0.2) is 64.2 Å². The van der Waals surface area contributed by atoms with E-state index in [0.717, 1.165) is 111 Å². The van der Waals surface area contributed by atoms with Gasteiger partial charge < -0.3 is 8.97 Å². The zero-order valence-electron chi connectivity index (χ0n) is 30.1. The molecule has 0 radical (unpaired) electrons. The van der Waals surface area contributed by atoms with Crippen molar-refractivity contribution in [1.82, 2.24) is 9.13 Å². The number of nitro benzene ring substituents is 2. The van der Waals surface area contributed by atoms with Crippen LogP contribution in [-0.4, -0.2) is 67.2 Å². The lowest BCUT2D eigenvalue weighted by Crippen LogP contribution is -2.47. The Morgan fingerprint density at radius 3 is 1.35 bits per heavy atom. The van der Waals surface area contributed by atoms with Gasteiger partial charge in [-0.3, -0.25) is 34.2 Å². The number of unbranched alkanes of at least 4 members (excludes halogenated alkanes) is 4. The predicted molar refractivity (Wildman–Crippen MR) is 193 cm³/mol. The van der Waals surface area contributed by atoms with E-state index in [1.807, 2.05) is 31.2 Å². The highest BCUT2D eigenvalue weighted by molar-refractivity contribution is 5.33. The molecular formula is C37H56N6O6+2. The van der Waals surface area contributed by atoms with Crippen molar-refractivity contribution >= 4 is 11.4 Å². The summed E-state index contributed by atoms with van der Waals surface area (Å²) >= 11 is 0. The Labute approximate surface area is 290 Å². The van der Waals surface area contributed by atoms with Gasteiger partial charge in [-0.15, -0.1) is 0 Å². The summed E-state index contributed by atoms with van der Waals surface area (Å²) in [6.07, 6.45) is 5.40. The van der Waals surface area contributed by atoms with Gasteiger partial charge in [0.05, 0.1) is 49.1 Å². The molecule has 0 aliphatic rings. The average Bonchev–Trinajstić information content (AvgIpc) is 3.09. The minimum atomic E-state index is -0.376. The normalized spacial score (nSPS) is 11.9. The molecule has 49 heavy (non-hydrogen) atoms. The first-order chi connectivity index (χ1) is 23.4. The largest absolute Gasteiger partial charge is 0.331 e. The van der Waals surface area contributed by atoms with Gasteiger partial charge in [-0.05, 0) is 97.4 Å². The van der Waals surface area contributed by atoms with Crippen LogP contribution in [0, 0.1) is 27.2 Å². The molecule has 1 aromatic heterocycles. The van der Waals surface area contributed by atoms with Crippen molar-refractivity contribution in [3.63, 3.8) is 0 Å². The number of benzene rings is 2. The smallest absolute Gasteiger partial charge is 0.320 e. The molecule has 0 saturated heterocycles. The maximum atomic E-state index is 13.4. The van der Waals surface area contributed by atoms with E-state index in [4.69, 9.17) is 0 Å². The SMILES string of the molecule is CC[N+](CC)(CCCCCn1c(C)cc(=O)n(CCCCC[N+](CC)(CC)Cc2ccc([N+](=O)[O-])cc2)c1=O)Cc1ccc([N+](=O)[O-])cc1. The second kappa shape index (κ2) is 18.6. The van der Waals surface area contributed by atoms with Crippen LogP contribution < -0.4 is 11.2 Å². The maximum Gasteiger partial charge on any atom is 0.331 e. The minimum absolute atomic E-state index is 0.100. The van der Waals surface area contributed by atoms with E-state index >= 15 is 0 Å². The Balaban J connectivity index is 1.51. The van der Waals surface area contributed by atoms with Crippen LogP contribution in [0.1, 0.15) is 83.0 Å². The van der Waals surface area contributed by atoms with E-state index in [9.17, 15) is 29.8 Å². The molecule has 0 bridgehead atoms. The molecule has 3 rings (SSSR count). The Kier molecular flexibility index (Phi) is 14.9. The highest BCUT2D eigenvalue weighted by atomic mass is 16.6. The van der Waals surface area contributed by atoms with Gasteiger partial charge in [0.1, 0.15) is 13.1 Å². The molecule has 0 N–H and O–H groups in total. The first-order valence-electron chi connectivity index (χ1n) is 17.9. The molecule has 0 aliphatic carbocycles. The molecule has 12 heteroatoms. The summed E-state index contributed by atoms with van der Waals surface area (Å²) in [5.74, 6) is 0. The Bertz CT molecular complexity index is 1620. The van der Waals surface area contributed by atoms with E-state index in [0.29, 0.717) is 18.8 Å². The van der Waals surface area contributed by atoms with Crippen molar-refractivity contribution in [2.75, 3.05) is 39.3 Å². The third kappa shape index (κ3) is 10.9. The quantitative estimate of drug-likeness (QED) is 0.0510. The number of nitro groups is 2. The van der Waals surface area contributed by atoms with Crippen molar-refractivity contribution in [1.29, 1.82) is 0 Å². The summed E-state index contributed by atoms with van der Waals surface area (Å²) < 4.78 is 4.89. The molecule has 0 fully saturated rings. The second-order valence-electron chi connectivity index (χ2n) is 13.4. The van der Waals surface area contributed by atoms with Gasteiger partial charge in [-0.2, -0.15) is 0 Å². The Morgan fingerprint density at radius 1 is 0.592 bits per heavy atom. The fraction of sp³-hybridized carbons (Fsp3) is 0.568. The molecule has 1 heterocycles. The standard InChI is InChI=1S/C37H56N6O6/c1-6-42(7-2,29-32-16-20-34(21-17-32)40(46)47)26-14-10-12-24-38-31(5)28-36(44)39(37(38)45)25-13-11-15-27-43(8-3,9-4)30-33-18-22-35(23-19-33)41(48)49/h16-23,28H,6-15,24-27,29-30H2,1-5H3/q+2. The molecule has 0 aliphatic heterocycles. The minimum Gasteiger partial charge on any atom is -0.320 e. The lowest BCUT2D eigenvalue weighted by atomic mass is 10.1. The van der Waals surface area contributed by atoms with Gasteiger partial charge >= 0.3 is 5.69 Å². The van der Waals surface area contributed by atoms with Gasteiger partial charge in [0, 0.05) is 60.2 Å². The van der Waals surface area contributed by atoms with Crippen molar-refractivity contribution in [3.05, 3.63) is 112 Å². The zero-order valence-corrected chi connectivity index (χ0v) is 30.1. The number of non-ortho nitro benzene ring substituents is 2. The number of aryl methyl sites for hydroxylation is 1. The van der Waals surface area contributed by atoms with E-state index < -0.39 is 0 Å². The van der Waals surface area contributed by atoms with Crippen LogP contribution in [0.25, 0.3) is 0 Å². The van der Waals surface area contributed by atoms with Crippen molar-refractivity contribution in [2.45, 2.75) is 99.3 Å². The van der Waals surface area contributed by atoms with E-state index in [1.165, 1.54) is 4.57 Å². The van der Waals surface area contributed by atoms with Crippen molar-refractivity contribution < 1.29 is 18.8 Å². The number of nitrogens with zero attached hydrogens (tertiary/aromatic N) is 6. The number of hydrogen-bond donors (Lipinski definition) is 0. The summed E-state index contributed by atoms with van der Waals surface area (Å²) in [6.45, 7) is 18.9. The number of quaternary nitrogens is 2. The van der Waals surface area contributed by atoms with Crippen molar-refractivity contribution in [2.24, 2.45) is 0 Å². The molecule has 0 spiro atoms. The van der Waals surface area contributed by atoms with Gasteiger partial charge in [0.2, 0.25) is 0 Å². The molecule has 0 saturated carbocycles. The lowest BCUT2D eigenvalue weighted by molar-refractivity contribution is -0.938.